The largest absolute Gasteiger partial charge is 0.319 e. The second-order valence-corrected chi connectivity index (χ2v) is 5.40. The summed E-state index contributed by atoms with van der Waals surface area (Å²) in [5.74, 6) is 0. The number of unbranched alkanes of at least 4 members (excludes halogenated alkanes) is 4. The van der Waals surface area contributed by atoms with Gasteiger partial charge in [0, 0.05) is 6.54 Å². The minimum absolute atomic E-state index is 0.682. The molecule has 0 atom stereocenters. The molecule has 0 radical (unpaired) electrons. The van der Waals surface area contributed by atoms with Gasteiger partial charge in [-0.1, -0.05) is 51.9 Å². The van der Waals surface area contributed by atoms with Crippen LogP contribution in [-0.2, 0) is 0 Å². The summed E-state index contributed by atoms with van der Waals surface area (Å²) < 4.78 is 0. The first kappa shape index (κ1) is 13.0. The summed E-state index contributed by atoms with van der Waals surface area (Å²) in [6, 6.07) is 0. The summed E-state index contributed by atoms with van der Waals surface area (Å²) in [5, 5.41) is 3.40. The Hall–Kier alpha value is -0.0400. The standard InChI is InChI=1S/C14H29N/c1-3-4-5-6-7-10-14(13-15-2)11-8-9-12-14/h15H,3-13H2,1-2H3. The van der Waals surface area contributed by atoms with Crippen molar-refractivity contribution in [3.05, 3.63) is 0 Å². The summed E-state index contributed by atoms with van der Waals surface area (Å²) in [7, 11) is 2.11. The Balaban J connectivity index is 2.14. The molecule has 0 amide bonds. The third-order valence-corrected chi connectivity index (χ3v) is 4.03. The molecule has 1 fully saturated rings. The van der Waals surface area contributed by atoms with E-state index in [1.807, 2.05) is 0 Å². The SMILES string of the molecule is CCCCCCCC1(CNC)CCCC1. The zero-order valence-electron chi connectivity index (χ0n) is 10.8. The molecule has 1 nitrogen and oxygen atoms in total. The quantitative estimate of drug-likeness (QED) is 0.595. The van der Waals surface area contributed by atoms with Crippen LogP contribution in [0.25, 0.3) is 0 Å². The lowest BCUT2D eigenvalue weighted by molar-refractivity contribution is 0.254. The summed E-state index contributed by atoms with van der Waals surface area (Å²) in [6.07, 6.45) is 14.5. The lowest BCUT2D eigenvalue weighted by Gasteiger charge is -2.28. The van der Waals surface area contributed by atoms with Crippen LogP contribution in [0.5, 0.6) is 0 Å². The Bertz CT molecular complexity index is 147. The van der Waals surface area contributed by atoms with E-state index in [0.717, 1.165) is 0 Å². The van der Waals surface area contributed by atoms with Gasteiger partial charge in [-0.2, -0.15) is 0 Å². The molecule has 0 saturated heterocycles. The maximum Gasteiger partial charge on any atom is 0.000480 e. The smallest absolute Gasteiger partial charge is 0.000480 e. The highest BCUT2D eigenvalue weighted by Crippen LogP contribution is 2.41. The average molecular weight is 211 g/mol. The van der Waals surface area contributed by atoms with Crippen LogP contribution in [0.4, 0.5) is 0 Å². The van der Waals surface area contributed by atoms with E-state index < -0.39 is 0 Å². The average Bonchev–Trinajstić information content (AvgIpc) is 2.67. The van der Waals surface area contributed by atoms with Crippen LogP contribution in [0.15, 0.2) is 0 Å². The van der Waals surface area contributed by atoms with Gasteiger partial charge < -0.3 is 5.32 Å². The number of nitrogens with one attached hydrogen (secondary N) is 1. The van der Waals surface area contributed by atoms with Gasteiger partial charge in [0.1, 0.15) is 0 Å². The normalized spacial score (nSPS) is 19.6. The van der Waals surface area contributed by atoms with E-state index in [-0.39, 0.29) is 0 Å². The first-order valence-electron chi connectivity index (χ1n) is 6.97. The molecule has 0 aromatic rings. The molecule has 1 saturated carbocycles. The Labute approximate surface area is 96.0 Å². The summed E-state index contributed by atoms with van der Waals surface area (Å²) in [4.78, 5) is 0. The number of rotatable bonds is 8. The summed E-state index contributed by atoms with van der Waals surface area (Å²) in [6.45, 7) is 3.54. The Kier molecular flexibility index (Phi) is 6.31. The molecular weight excluding hydrogens is 182 g/mol. The molecule has 0 aromatic heterocycles. The highest BCUT2D eigenvalue weighted by atomic mass is 14.8. The topological polar surface area (TPSA) is 12.0 Å². The van der Waals surface area contributed by atoms with Crippen LogP contribution >= 0.6 is 0 Å². The molecule has 0 aromatic carbocycles. The molecule has 1 rings (SSSR count). The van der Waals surface area contributed by atoms with Gasteiger partial charge in [-0.15, -0.1) is 0 Å². The fraction of sp³-hybridized carbons (Fsp3) is 1.00. The van der Waals surface area contributed by atoms with Crippen LogP contribution < -0.4 is 5.32 Å². The second kappa shape index (κ2) is 7.27. The third kappa shape index (κ3) is 4.55. The maximum absolute atomic E-state index is 3.40. The lowest BCUT2D eigenvalue weighted by atomic mass is 9.81. The van der Waals surface area contributed by atoms with Crippen LogP contribution in [-0.4, -0.2) is 13.6 Å². The molecule has 0 aliphatic heterocycles. The van der Waals surface area contributed by atoms with E-state index in [1.165, 1.54) is 70.8 Å². The molecule has 1 aliphatic rings. The van der Waals surface area contributed by atoms with Crippen LogP contribution in [0.1, 0.15) is 71.1 Å². The monoisotopic (exact) mass is 211 g/mol. The van der Waals surface area contributed by atoms with Crippen molar-refractivity contribution in [3.63, 3.8) is 0 Å². The summed E-state index contributed by atoms with van der Waals surface area (Å²) in [5.41, 5.74) is 0.682. The van der Waals surface area contributed by atoms with E-state index in [9.17, 15) is 0 Å². The van der Waals surface area contributed by atoms with E-state index in [1.54, 1.807) is 0 Å². The van der Waals surface area contributed by atoms with Gasteiger partial charge in [0.25, 0.3) is 0 Å². The molecule has 1 aliphatic carbocycles. The fourth-order valence-corrected chi connectivity index (χ4v) is 3.12. The van der Waals surface area contributed by atoms with E-state index in [2.05, 4.69) is 19.3 Å². The Morgan fingerprint density at radius 1 is 1.00 bits per heavy atom. The molecule has 0 bridgehead atoms. The predicted molar refractivity (Wildman–Crippen MR) is 68.2 cm³/mol. The van der Waals surface area contributed by atoms with Crippen molar-refractivity contribution < 1.29 is 0 Å². The van der Waals surface area contributed by atoms with E-state index >= 15 is 0 Å². The van der Waals surface area contributed by atoms with Gasteiger partial charge in [-0.25, -0.2) is 0 Å². The molecular formula is C14H29N. The maximum atomic E-state index is 3.40. The minimum Gasteiger partial charge on any atom is -0.319 e. The highest BCUT2D eigenvalue weighted by Gasteiger charge is 2.32. The van der Waals surface area contributed by atoms with Crippen LogP contribution in [0.3, 0.4) is 0 Å². The van der Waals surface area contributed by atoms with Crippen LogP contribution in [0.2, 0.25) is 0 Å². The number of hydrogen-bond acceptors (Lipinski definition) is 1. The molecule has 1 heteroatoms. The van der Waals surface area contributed by atoms with Crippen molar-refractivity contribution in [3.8, 4) is 0 Å². The molecule has 90 valence electrons. The second-order valence-electron chi connectivity index (χ2n) is 5.40. The molecule has 0 heterocycles. The van der Waals surface area contributed by atoms with Crippen molar-refractivity contribution in [2.75, 3.05) is 13.6 Å². The third-order valence-electron chi connectivity index (χ3n) is 4.03. The molecule has 0 unspecified atom stereocenters. The Morgan fingerprint density at radius 2 is 1.67 bits per heavy atom. The van der Waals surface area contributed by atoms with Gasteiger partial charge in [-0.05, 0) is 31.7 Å². The van der Waals surface area contributed by atoms with Crippen molar-refractivity contribution >= 4 is 0 Å². The van der Waals surface area contributed by atoms with Crippen molar-refractivity contribution in [1.82, 2.24) is 5.32 Å². The number of hydrogen-bond donors (Lipinski definition) is 1. The first-order chi connectivity index (χ1) is 7.33. The van der Waals surface area contributed by atoms with E-state index in [0.29, 0.717) is 5.41 Å². The molecule has 15 heavy (non-hydrogen) atoms. The first-order valence-corrected chi connectivity index (χ1v) is 6.97. The van der Waals surface area contributed by atoms with E-state index in [4.69, 9.17) is 0 Å². The summed E-state index contributed by atoms with van der Waals surface area (Å²) >= 11 is 0. The zero-order chi connectivity index (χ0) is 11.0. The van der Waals surface area contributed by atoms with Crippen molar-refractivity contribution in [2.24, 2.45) is 5.41 Å². The molecule has 0 spiro atoms. The van der Waals surface area contributed by atoms with Crippen LogP contribution in [0, 0.1) is 5.41 Å². The fourth-order valence-electron chi connectivity index (χ4n) is 3.12. The van der Waals surface area contributed by atoms with Gasteiger partial charge in [0.2, 0.25) is 0 Å². The highest BCUT2D eigenvalue weighted by molar-refractivity contribution is 4.86. The predicted octanol–water partition coefficient (Wildman–Crippen LogP) is 4.13. The van der Waals surface area contributed by atoms with Gasteiger partial charge in [-0.3, -0.25) is 0 Å². The van der Waals surface area contributed by atoms with Gasteiger partial charge in [0.15, 0.2) is 0 Å². The van der Waals surface area contributed by atoms with Gasteiger partial charge in [0.05, 0.1) is 0 Å². The van der Waals surface area contributed by atoms with Crippen molar-refractivity contribution in [1.29, 1.82) is 0 Å². The minimum atomic E-state index is 0.682. The zero-order valence-corrected chi connectivity index (χ0v) is 10.8. The lowest BCUT2D eigenvalue weighted by Crippen LogP contribution is -2.29. The van der Waals surface area contributed by atoms with Gasteiger partial charge >= 0.3 is 0 Å². The molecule has 1 N–H and O–H groups in total. The van der Waals surface area contributed by atoms with Crippen molar-refractivity contribution in [2.45, 2.75) is 71.1 Å². The Morgan fingerprint density at radius 3 is 2.27 bits per heavy atom.